The minimum absolute atomic E-state index is 0.299. The second-order valence-corrected chi connectivity index (χ2v) is 8.55. The lowest BCUT2D eigenvalue weighted by Gasteiger charge is -2.36. The summed E-state index contributed by atoms with van der Waals surface area (Å²) < 4.78 is 23.0. The number of ether oxygens (including phenoxy) is 4. The van der Waals surface area contributed by atoms with E-state index in [0.29, 0.717) is 26.4 Å². The number of methoxy groups -OCH3 is 1. The molecular formula is C24H33NO5. The fourth-order valence-electron chi connectivity index (χ4n) is 3.59. The van der Waals surface area contributed by atoms with Crippen LogP contribution in [-0.4, -0.2) is 49.7 Å². The quantitative estimate of drug-likeness (QED) is 0.587. The van der Waals surface area contributed by atoms with Gasteiger partial charge >= 0.3 is 6.09 Å². The maximum Gasteiger partial charge on any atom is 0.412 e. The van der Waals surface area contributed by atoms with Crippen LogP contribution >= 0.6 is 0 Å². The summed E-state index contributed by atoms with van der Waals surface area (Å²) in [5, 5.41) is 2.16. The Bertz CT molecular complexity index is 845. The molecule has 0 spiro atoms. The second kappa shape index (κ2) is 10.1. The molecule has 3 rings (SSSR count). The second-order valence-electron chi connectivity index (χ2n) is 8.55. The van der Waals surface area contributed by atoms with Gasteiger partial charge in [0.05, 0.1) is 13.2 Å². The standard InChI is InChI=1S/C24H33NO5/c1-24(2,3)30-23(26)25-14-8-7-11-21(25)29-17-19-13-12-18-9-5-6-10-20(18)22(19)28-16-15-27-4/h5-6,9-10,12-13,21H,7-8,11,14-17H2,1-4H3. The van der Waals surface area contributed by atoms with Crippen LogP contribution in [0.1, 0.15) is 45.6 Å². The van der Waals surface area contributed by atoms with Gasteiger partial charge in [-0.2, -0.15) is 0 Å². The number of hydrogen-bond donors (Lipinski definition) is 0. The molecule has 1 unspecified atom stereocenters. The van der Waals surface area contributed by atoms with Crippen LogP contribution in [0.2, 0.25) is 0 Å². The topological polar surface area (TPSA) is 57.2 Å². The molecule has 1 heterocycles. The third-order valence-corrected chi connectivity index (χ3v) is 5.00. The number of amides is 1. The molecular weight excluding hydrogens is 382 g/mol. The SMILES string of the molecule is COCCOc1c(COC2CCCCN2C(=O)OC(C)(C)C)ccc2ccccc12. The molecule has 0 N–H and O–H groups in total. The van der Waals surface area contributed by atoms with Crippen molar-refractivity contribution in [3.05, 3.63) is 42.0 Å². The third kappa shape index (κ3) is 5.86. The highest BCUT2D eigenvalue weighted by Gasteiger charge is 2.31. The summed E-state index contributed by atoms with van der Waals surface area (Å²) in [6.45, 7) is 7.62. The Kier molecular flexibility index (Phi) is 7.56. The van der Waals surface area contributed by atoms with Crippen molar-refractivity contribution in [1.29, 1.82) is 0 Å². The molecule has 6 heteroatoms. The lowest BCUT2D eigenvalue weighted by atomic mass is 10.1. The fraction of sp³-hybridized carbons (Fsp3) is 0.542. The zero-order chi connectivity index (χ0) is 21.6. The molecule has 1 saturated heterocycles. The summed E-state index contributed by atoms with van der Waals surface area (Å²) in [6.07, 6.45) is 2.17. The first-order valence-corrected chi connectivity index (χ1v) is 10.6. The predicted octanol–water partition coefficient (Wildman–Crippen LogP) is 5.13. The minimum atomic E-state index is -0.528. The maximum absolute atomic E-state index is 12.6. The van der Waals surface area contributed by atoms with Gasteiger partial charge in [-0.15, -0.1) is 0 Å². The number of likely N-dealkylation sites (tertiary alicyclic amines) is 1. The highest BCUT2D eigenvalue weighted by atomic mass is 16.6. The number of benzene rings is 2. The Morgan fingerprint density at radius 2 is 1.90 bits per heavy atom. The van der Waals surface area contributed by atoms with Crippen LogP contribution in [0.15, 0.2) is 36.4 Å². The number of piperidine rings is 1. The Morgan fingerprint density at radius 1 is 1.10 bits per heavy atom. The number of rotatable bonds is 7. The molecule has 6 nitrogen and oxygen atoms in total. The molecule has 164 valence electrons. The van der Waals surface area contributed by atoms with E-state index in [1.807, 2.05) is 39.0 Å². The van der Waals surface area contributed by atoms with Gasteiger partial charge in [-0.3, -0.25) is 4.90 Å². The van der Waals surface area contributed by atoms with E-state index in [1.165, 1.54) is 0 Å². The van der Waals surface area contributed by atoms with Crippen molar-refractivity contribution < 1.29 is 23.7 Å². The summed E-state index contributed by atoms with van der Waals surface area (Å²) in [4.78, 5) is 14.3. The summed E-state index contributed by atoms with van der Waals surface area (Å²) in [7, 11) is 1.66. The van der Waals surface area contributed by atoms with Crippen LogP contribution in [0.5, 0.6) is 5.75 Å². The highest BCUT2D eigenvalue weighted by molar-refractivity contribution is 5.89. The van der Waals surface area contributed by atoms with Gasteiger partial charge in [0.15, 0.2) is 0 Å². The van der Waals surface area contributed by atoms with E-state index >= 15 is 0 Å². The number of nitrogens with zero attached hydrogens (tertiary/aromatic N) is 1. The zero-order valence-corrected chi connectivity index (χ0v) is 18.5. The summed E-state index contributed by atoms with van der Waals surface area (Å²) in [6, 6.07) is 12.2. The molecule has 1 aliphatic rings. The number of hydrogen-bond acceptors (Lipinski definition) is 5. The van der Waals surface area contributed by atoms with Gasteiger partial charge in [-0.1, -0.05) is 36.4 Å². The largest absolute Gasteiger partial charge is 0.490 e. The molecule has 1 atom stereocenters. The van der Waals surface area contributed by atoms with E-state index in [0.717, 1.165) is 41.3 Å². The minimum Gasteiger partial charge on any atom is -0.490 e. The normalized spacial score (nSPS) is 17.2. The van der Waals surface area contributed by atoms with Gasteiger partial charge in [-0.25, -0.2) is 4.79 Å². The van der Waals surface area contributed by atoms with E-state index < -0.39 is 5.60 Å². The molecule has 0 bridgehead atoms. The molecule has 2 aromatic rings. The molecule has 1 amide bonds. The Balaban J connectivity index is 1.76. The molecule has 0 aliphatic carbocycles. The van der Waals surface area contributed by atoms with Crippen molar-refractivity contribution in [3.8, 4) is 5.75 Å². The summed E-state index contributed by atoms with van der Waals surface area (Å²) in [5.41, 5.74) is 0.430. The van der Waals surface area contributed by atoms with Gasteiger partial charge in [0.25, 0.3) is 0 Å². The Labute approximate surface area is 179 Å². The van der Waals surface area contributed by atoms with Crippen LogP contribution in [0.4, 0.5) is 4.79 Å². The van der Waals surface area contributed by atoms with E-state index in [-0.39, 0.29) is 12.3 Å². The monoisotopic (exact) mass is 415 g/mol. The van der Waals surface area contributed by atoms with Crippen LogP contribution < -0.4 is 4.74 Å². The van der Waals surface area contributed by atoms with Gasteiger partial charge in [0.1, 0.15) is 24.2 Å². The molecule has 1 aliphatic heterocycles. The zero-order valence-electron chi connectivity index (χ0n) is 18.5. The van der Waals surface area contributed by atoms with E-state index in [2.05, 4.69) is 18.2 Å². The lowest BCUT2D eigenvalue weighted by Crippen LogP contribution is -2.47. The van der Waals surface area contributed by atoms with Crippen molar-refractivity contribution in [1.82, 2.24) is 4.90 Å². The van der Waals surface area contributed by atoms with Crippen LogP contribution in [0, 0.1) is 0 Å². The summed E-state index contributed by atoms with van der Waals surface area (Å²) >= 11 is 0. The number of carbonyl (C=O) groups excluding carboxylic acids is 1. The van der Waals surface area contributed by atoms with E-state index in [1.54, 1.807) is 12.0 Å². The fourth-order valence-corrected chi connectivity index (χ4v) is 3.59. The lowest BCUT2D eigenvalue weighted by molar-refractivity contribution is -0.0900. The maximum atomic E-state index is 12.6. The first kappa shape index (κ1) is 22.4. The molecule has 1 fully saturated rings. The third-order valence-electron chi connectivity index (χ3n) is 5.00. The van der Waals surface area contributed by atoms with Crippen molar-refractivity contribution in [2.45, 2.75) is 58.5 Å². The smallest absolute Gasteiger partial charge is 0.412 e. The highest BCUT2D eigenvalue weighted by Crippen LogP contribution is 2.31. The first-order chi connectivity index (χ1) is 14.4. The predicted molar refractivity (Wildman–Crippen MR) is 117 cm³/mol. The van der Waals surface area contributed by atoms with E-state index in [4.69, 9.17) is 18.9 Å². The van der Waals surface area contributed by atoms with E-state index in [9.17, 15) is 4.79 Å². The summed E-state index contributed by atoms with van der Waals surface area (Å²) in [5.74, 6) is 0.810. The van der Waals surface area contributed by atoms with Gasteiger partial charge in [-0.05, 0) is 45.4 Å². The van der Waals surface area contributed by atoms with Crippen molar-refractivity contribution in [3.63, 3.8) is 0 Å². The van der Waals surface area contributed by atoms with Crippen LogP contribution in [0.3, 0.4) is 0 Å². The molecule has 30 heavy (non-hydrogen) atoms. The Hall–Kier alpha value is -2.31. The van der Waals surface area contributed by atoms with Gasteiger partial charge in [0, 0.05) is 24.6 Å². The van der Waals surface area contributed by atoms with Crippen LogP contribution in [0.25, 0.3) is 10.8 Å². The average Bonchev–Trinajstić information content (AvgIpc) is 2.72. The van der Waals surface area contributed by atoms with Crippen molar-refractivity contribution >= 4 is 16.9 Å². The number of fused-ring (bicyclic) bond motifs is 1. The van der Waals surface area contributed by atoms with Crippen molar-refractivity contribution in [2.24, 2.45) is 0 Å². The number of carbonyl (C=O) groups is 1. The average molecular weight is 416 g/mol. The first-order valence-electron chi connectivity index (χ1n) is 10.6. The van der Waals surface area contributed by atoms with Crippen molar-refractivity contribution in [2.75, 3.05) is 26.9 Å². The van der Waals surface area contributed by atoms with Crippen LogP contribution in [-0.2, 0) is 20.8 Å². The molecule has 0 saturated carbocycles. The molecule has 2 aromatic carbocycles. The van der Waals surface area contributed by atoms with Gasteiger partial charge in [0.2, 0.25) is 0 Å². The Morgan fingerprint density at radius 3 is 2.67 bits per heavy atom. The molecule has 0 radical (unpaired) electrons. The molecule has 0 aromatic heterocycles. The van der Waals surface area contributed by atoms with Gasteiger partial charge < -0.3 is 18.9 Å².